The first kappa shape index (κ1) is 16.6. The Kier molecular flexibility index (Phi) is 6.82. The third-order valence-electron chi connectivity index (χ3n) is 2.25. The Hall–Kier alpha value is -2.48. The van der Waals surface area contributed by atoms with Gasteiger partial charge in [0, 0.05) is 5.69 Å². The van der Waals surface area contributed by atoms with Gasteiger partial charge in [0.05, 0.1) is 7.11 Å². The summed E-state index contributed by atoms with van der Waals surface area (Å²) in [4.78, 5) is 33.4. The Bertz CT molecular complexity index is 504. The minimum absolute atomic E-state index is 0.263. The van der Waals surface area contributed by atoms with Crippen LogP contribution in [-0.4, -0.2) is 44.7 Å². The molecule has 0 spiro atoms. The molecule has 0 unspecified atom stereocenters. The van der Waals surface area contributed by atoms with Gasteiger partial charge in [-0.05, 0) is 24.3 Å². The van der Waals surface area contributed by atoms with Gasteiger partial charge in [-0.1, -0.05) is 0 Å². The van der Waals surface area contributed by atoms with Crippen LogP contribution < -0.4 is 10.6 Å². The molecule has 0 saturated carbocycles. The van der Waals surface area contributed by atoms with E-state index in [4.69, 9.17) is 4.74 Å². The van der Waals surface area contributed by atoms with Crippen LogP contribution in [0.25, 0.3) is 0 Å². The molecule has 114 valence electrons. The Morgan fingerprint density at radius 3 is 2.33 bits per heavy atom. The van der Waals surface area contributed by atoms with Gasteiger partial charge in [-0.3, -0.25) is 14.4 Å². The SMILES string of the molecule is COC(=O)CNC(=O)COCC(=O)Nc1ccc(F)cc1. The number of anilines is 1. The number of carbonyl (C=O) groups excluding carboxylic acids is 3. The Morgan fingerprint density at radius 2 is 1.71 bits per heavy atom. The van der Waals surface area contributed by atoms with Crippen LogP contribution in [0.4, 0.5) is 10.1 Å². The molecule has 0 bridgehead atoms. The van der Waals surface area contributed by atoms with E-state index in [2.05, 4.69) is 15.4 Å². The van der Waals surface area contributed by atoms with E-state index in [1.807, 2.05) is 0 Å². The molecule has 0 atom stereocenters. The van der Waals surface area contributed by atoms with Gasteiger partial charge in [0.1, 0.15) is 25.6 Å². The van der Waals surface area contributed by atoms with Crippen LogP contribution >= 0.6 is 0 Å². The monoisotopic (exact) mass is 298 g/mol. The van der Waals surface area contributed by atoms with E-state index in [0.29, 0.717) is 5.69 Å². The number of methoxy groups -OCH3 is 1. The highest BCUT2D eigenvalue weighted by Crippen LogP contribution is 2.07. The van der Waals surface area contributed by atoms with Crippen LogP contribution in [-0.2, 0) is 23.9 Å². The second kappa shape index (κ2) is 8.64. The molecule has 1 rings (SSSR count). The smallest absolute Gasteiger partial charge is 0.325 e. The molecular formula is C13H15FN2O5. The third kappa shape index (κ3) is 7.02. The molecule has 0 aliphatic heterocycles. The highest BCUT2D eigenvalue weighted by molar-refractivity contribution is 5.91. The first-order valence-electron chi connectivity index (χ1n) is 5.98. The molecule has 2 N–H and O–H groups in total. The van der Waals surface area contributed by atoms with E-state index in [-0.39, 0.29) is 19.8 Å². The van der Waals surface area contributed by atoms with Gasteiger partial charge < -0.3 is 20.1 Å². The number of benzene rings is 1. The van der Waals surface area contributed by atoms with Crippen molar-refractivity contribution in [3.05, 3.63) is 30.1 Å². The number of amides is 2. The van der Waals surface area contributed by atoms with Crippen LogP contribution in [0, 0.1) is 5.82 Å². The van der Waals surface area contributed by atoms with E-state index in [1.54, 1.807) is 0 Å². The molecule has 1 aromatic rings. The zero-order chi connectivity index (χ0) is 15.7. The summed E-state index contributed by atoms with van der Waals surface area (Å²) in [5.74, 6) is -2.03. The number of esters is 1. The van der Waals surface area contributed by atoms with Crippen molar-refractivity contribution in [3.8, 4) is 0 Å². The molecule has 2 amide bonds. The van der Waals surface area contributed by atoms with Gasteiger partial charge in [-0.15, -0.1) is 0 Å². The zero-order valence-electron chi connectivity index (χ0n) is 11.3. The fraction of sp³-hybridized carbons (Fsp3) is 0.308. The number of rotatable bonds is 7. The minimum atomic E-state index is -0.586. The lowest BCUT2D eigenvalue weighted by Crippen LogP contribution is -2.33. The van der Waals surface area contributed by atoms with Crippen LogP contribution in [0.15, 0.2) is 24.3 Å². The fourth-order valence-corrected chi connectivity index (χ4v) is 1.26. The summed E-state index contributed by atoms with van der Waals surface area (Å²) >= 11 is 0. The molecule has 0 aliphatic rings. The fourth-order valence-electron chi connectivity index (χ4n) is 1.26. The molecule has 0 saturated heterocycles. The molecule has 1 aromatic carbocycles. The minimum Gasteiger partial charge on any atom is -0.468 e. The van der Waals surface area contributed by atoms with Crippen LogP contribution in [0.2, 0.25) is 0 Å². The quantitative estimate of drug-likeness (QED) is 0.695. The van der Waals surface area contributed by atoms with Gasteiger partial charge in [-0.25, -0.2) is 4.39 Å². The van der Waals surface area contributed by atoms with E-state index < -0.39 is 23.6 Å². The highest BCUT2D eigenvalue weighted by atomic mass is 19.1. The summed E-state index contributed by atoms with van der Waals surface area (Å²) in [6.45, 7) is -0.975. The number of hydrogen-bond donors (Lipinski definition) is 2. The first-order chi connectivity index (χ1) is 10.0. The first-order valence-corrected chi connectivity index (χ1v) is 5.98. The van der Waals surface area contributed by atoms with E-state index in [0.717, 1.165) is 0 Å². The summed E-state index contributed by atoms with van der Waals surface area (Å²) in [5, 5.41) is 4.72. The van der Waals surface area contributed by atoms with Crippen molar-refractivity contribution >= 4 is 23.5 Å². The van der Waals surface area contributed by atoms with Gasteiger partial charge in [-0.2, -0.15) is 0 Å². The van der Waals surface area contributed by atoms with E-state index in [9.17, 15) is 18.8 Å². The standard InChI is InChI=1S/C13H15FN2O5/c1-20-13(19)6-15-11(17)7-21-8-12(18)16-10-4-2-9(14)3-5-10/h2-5H,6-8H2,1H3,(H,15,17)(H,16,18). The van der Waals surface area contributed by atoms with Gasteiger partial charge >= 0.3 is 5.97 Å². The van der Waals surface area contributed by atoms with Crippen molar-refractivity contribution in [1.29, 1.82) is 0 Å². The molecule has 0 fully saturated rings. The Morgan fingerprint density at radius 1 is 1.10 bits per heavy atom. The Balaban J connectivity index is 2.20. The summed E-state index contributed by atoms with van der Waals surface area (Å²) in [6.07, 6.45) is 0. The lowest BCUT2D eigenvalue weighted by Gasteiger charge is -2.06. The maximum atomic E-state index is 12.7. The van der Waals surface area contributed by atoms with E-state index >= 15 is 0 Å². The maximum Gasteiger partial charge on any atom is 0.325 e. The predicted molar refractivity (Wildman–Crippen MR) is 70.9 cm³/mol. The average molecular weight is 298 g/mol. The molecule has 0 aromatic heterocycles. The zero-order valence-corrected chi connectivity index (χ0v) is 11.3. The summed E-state index contributed by atoms with van der Waals surface area (Å²) in [5.41, 5.74) is 0.417. The normalized spacial score (nSPS) is 9.81. The van der Waals surface area contributed by atoms with Crippen LogP contribution in [0.5, 0.6) is 0 Å². The second-order valence-electron chi connectivity index (χ2n) is 3.90. The Labute approximate surface area is 120 Å². The molecule has 21 heavy (non-hydrogen) atoms. The molecule has 0 heterocycles. The molecule has 8 heteroatoms. The second-order valence-corrected chi connectivity index (χ2v) is 3.90. The number of halogens is 1. The van der Waals surface area contributed by atoms with Crippen molar-refractivity contribution in [2.24, 2.45) is 0 Å². The van der Waals surface area contributed by atoms with Crippen molar-refractivity contribution in [2.75, 3.05) is 32.2 Å². The maximum absolute atomic E-state index is 12.7. The number of hydrogen-bond acceptors (Lipinski definition) is 5. The predicted octanol–water partition coefficient (Wildman–Crippen LogP) is 0.0700. The third-order valence-corrected chi connectivity index (χ3v) is 2.25. The summed E-state index contributed by atoms with van der Waals surface area (Å²) in [6, 6.07) is 5.21. The molecular weight excluding hydrogens is 283 g/mol. The number of nitrogens with one attached hydrogen (secondary N) is 2. The van der Waals surface area contributed by atoms with Crippen molar-refractivity contribution in [3.63, 3.8) is 0 Å². The lowest BCUT2D eigenvalue weighted by atomic mass is 10.3. The van der Waals surface area contributed by atoms with Crippen LogP contribution in [0.3, 0.4) is 0 Å². The van der Waals surface area contributed by atoms with Gasteiger partial charge in [0.2, 0.25) is 11.8 Å². The van der Waals surface area contributed by atoms with Crippen LogP contribution in [0.1, 0.15) is 0 Å². The van der Waals surface area contributed by atoms with Gasteiger partial charge in [0.25, 0.3) is 0 Å². The molecule has 0 radical (unpaired) electrons. The number of carbonyl (C=O) groups is 3. The molecule has 7 nitrogen and oxygen atoms in total. The van der Waals surface area contributed by atoms with Crippen molar-refractivity contribution in [1.82, 2.24) is 5.32 Å². The summed E-state index contributed by atoms with van der Waals surface area (Å²) < 4.78 is 21.9. The van der Waals surface area contributed by atoms with Gasteiger partial charge in [0.15, 0.2) is 0 Å². The molecule has 0 aliphatic carbocycles. The summed E-state index contributed by atoms with van der Waals surface area (Å²) in [7, 11) is 1.20. The van der Waals surface area contributed by atoms with Crippen molar-refractivity contribution < 1.29 is 28.2 Å². The number of ether oxygens (including phenoxy) is 2. The topological polar surface area (TPSA) is 93.7 Å². The van der Waals surface area contributed by atoms with E-state index in [1.165, 1.54) is 31.4 Å². The van der Waals surface area contributed by atoms with Crippen molar-refractivity contribution in [2.45, 2.75) is 0 Å². The highest BCUT2D eigenvalue weighted by Gasteiger charge is 2.07. The lowest BCUT2D eigenvalue weighted by molar-refractivity contribution is -0.142. The largest absolute Gasteiger partial charge is 0.468 e. The average Bonchev–Trinajstić information content (AvgIpc) is 2.47.